The van der Waals surface area contributed by atoms with Crippen LogP contribution in [0.3, 0.4) is 0 Å². The normalized spacial score (nSPS) is 11.5. The molecule has 0 saturated heterocycles. The summed E-state index contributed by atoms with van der Waals surface area (Å²) in [5, 5.41) is 12.4. The van der Waals surface area contributed by atoms with Gasteiger partial charge in [-0.2, -0.15) is 0 Å². The molecule has 35 heavy (non-hydrogen) atoms. The molecule has 0 bridgehead atoms. The van der Waals surface area contributed by atoms with Gasteiger partial charge < -0.3 is 15.2 Å². The highest BCUT2D eigenvalue weighted by atomic mass is 79.9. The minimum absolute atomic E-state index is 0.157. The van der Waals surface area contributed by atoms with Gasteiger partial charge >= 0.3 is 5.97 Å². The average Bonchev–Trinajstić information content (AvgIpc) is 2.89. The first-order chi connectivity index (χ1) is 17.0. The van der Waals surface area contributed by atoms with Gasteiger partial charge in [-0.3, -0.25) is 4.79 Å². The Morgan fingerprint density at radius 1 is 0.800 bits per heavy atom. The van der Waals surface area contributed by atoms with Crippen molar-refractivity contribution in [3.63, 3.8) is 0 Å². The number of amides is 1. The zero-order valence-electron chi connectivity index (χ0n) is 18.9. The lowest BCUT2D eigenvalue weighted by Crippen LogP contribution is -2.42. The standard InChI is InChI=1S/C29H24BrNO4/c30-24-15-16-27(35-19-21-7-3-1-4-8-21)25(18-24)28(32)31-26(29(33)34)17-20-11-13-23(14-12-20)22-9-5-2-6-10-22/h1-16,18,26H,17,19H2,(H,31,32)(H,33,34)/t26-/m0/s1. The number of ether oxygens (including phenoxy) is 1. The Morgan fingerprint density at radius 3 is 2.09 bits per heavy atom. The summed E-state index contributed by atoms with van der Waals surface area (Å²) in [6.07, 6.45) is 0.157. The number of benzene rings is 4. The number of halogens is 1. The molecule has 0 aromatic heterocycles. The Morgan fingerprint density at radius 2 is 1.43 bits per heavy atom. The van der Waals surface area contributed by atoms with Crippen molar-refractivity contribution in [1.82, 2.24) is 5.32 Å². The van der Waals surface area contributed by atoms with Crippen molar-refractivity contribution in [3.05, 3.63) is 124 Å². The highest BCUT2D eigenvalue weighted by Gasteiger charge is 2.23. The van der Waals surface area contributed by atoms with Crippen molar-refractivity contribution >= 4 is 27.8 Å². The average molecular weight is 530 g/mol. The van der Waals surface area contributed by atoms with Crippen molar-refractivity contribution in [1.29, 1.82) is 0 Å². The fourth-order valence-electron chi connectivity index (χ4n) is 3.68. The van der Waals surface area contributed by atoms with Crippen LogP contribution < -0.4 is 10.1 Å². The second-order valence-electron chi connectivity index (χ2n) is 8.05. The Bertz CT molecular complexity index is 1290. The second-order valence-corrected chi connectivity index (χ2v) is 8.96. The molecule has 2 N–H and O–H groups in total. The molecule has 0 radical (unpaired) electrons. The van der Waals surface area contributed by atoms with E-state index in [2.05, 4.69) is 21.2 Å². The molecule has 0 aliphatic rings. The molecular formula is C29H24BrNO4. The molecule has 1 amide bonds. The number of hydrogen-bond acceptors (Lipinski definition) is 3. The minimum atomic E-state index is -1.10. The van der Waals surface area contributed by atoms with E-state index in [0.717, 1.165) is 22.3 Å². The smallest absolute Gasteiger partial charge is 0.326 e. The maximum absolute atomic E-state index is 13.1. The molecule has 4 rings (SSSR count). The number of carboxylic acid groups (broad SMARTS) is 1. The van der Waals surface area contributed by atoms with Crippen LogP contribution in [-0.2, 0) is 17.8 Å². The van der Waals surface area contributed by atoms with Crippen molar-refractivity contribution < 1.29 is 19.4 Å². The van der Waals surface area contributed by atoms with E-state index in [0.29, 0.717) is 16.8 Å². The van der Waals surface area contributed by atoms with Crippen LogP contribution in [0, 0.1) is 0 Å². The summed E-state index contributed by atoms with van der Waals surface area (Å²) < 4.78 is 6.58. The van der Waals surface area contributed by atoms with Gasteiger partial charge in [-0.15, -0.1) is 0 Å². The third-order valence-electron chi connectivity index (χ3n) is 5.53. The van der Waals surface area contributed by atoms with E-state index in [-0.39, 0.29) is 12.0 Å². The van der Waals surface area contributed by atoms with E-state index in [9.17, 15) is 14.7 Å². The van der Waals surface area contributed by atoms with E-state index >= 15 is 0 Å². The molecule has 6 heteroatoms. The summed E-state index contributed by atoms with van der Waals surface area (Å²) in [4.78, 5) is 25.1. The molecule has 4 aromatic rings. The van der Waals surface area contributed by atoms with Gasteiger partial charge in [-0.1, -0.05) is 101 Å². The zero-order valence-corrected chi connectivity index (χ0v) is 20.4. The predicted octanol–water partition coefficient (Wildman–Crippen LogP) is 6.12. The third-order valence-corrected chi connectivity index (χ3v) is 6.02. The molecule has 0 fully saturated rings. The molecule has 0 saturated carbocycles. The summed E-state index contributed by atoms with van der Waals surface area (Å²) in [6.45, 7) is 0.291. The summed E-state index contributed by atoms with van der Waals surface area (Å²) in [5.74, 6) is -1.24. The van der Waals surface area contributed by atoms with Crippen molar-refractivity contribution in [2.75, 3.05) is 0 Å². The molecular weight excluding hydrogens is 506 g/mol. The van der Waals surface area contributed by atoms with E-state index in [1.165, 1.54) is 0 Å². The molecule has 0 heterocycles. The largest absolute Gasteiger partial charge is 0.488 e. The van der Waals surface area contributed by atoms with Crippen molar-refractivity contribution in [2.24, 2.45) is 0 Å². The van der Waals surface area contributed by atoms with Gasteiger partial charge in [0.2, 0.25) is 0 Å². The molecule has 0 aliphatic carbocycles. The number of carbonyl (C=O) groups excluding carboxylic acids is 1. The van der Waals surface area contributed by atoms with Gasteiger partial charge in [0.1, 0.15) is 18.4 Å². The fourth-order valence-corrected chi connectivity index (χ4v) is 4.04. The van der Waals surface area contributed by atoms with Crippen molar-refractivity contribution in [2.45, 2.75) is 19.1 Å². The van der Waals surface area contributed by atoms with Crippen LogP contribution in [0.1, 0.15) is 21.5 Å². The van der Waals surface area contributed by atoms with Gasteiger partial charge in [0.25, 0.3) is 5.91 Å². The van der Waals surface area contributed by atoms with Gasteiger partial charge in [0, 0.05) is 10.9 Å². The van der Waals surface area contributed by atoms with Crippen molar-refractivity contribution in [3.8, 4) is 16.9 Å². The third kappa shape index (κ3) is 6.58. The molecule has 0 spiro atoms. The minimum Gasteiger partial charge on any atom is -0.488 e. The number of carboxylic acids is 1. The van der Waals surface area contributed by atoms with Gasteiger partial charge in [0.15, 0.2) is 0 Å². The molecule has 5 nitrogen and oxygen atoms in total. The van der Waals surface area contributed by atoms with E-state index < -0.39 is 17.9 Å². The van der Waals surface area contributed by atoms with Gasteiger partial charge in [-0.25, -0.2) is 4.79 Å². The van der Waals surface area contributed by atoms with E-state index in [1.807, 2.05) is 84.9 Å². The number of nitrogens with one attached hydrogen (secondary N) is 1. The lowest BCUT2D eigenvalue weighted by molar-refractivity contribution is -0.139. The maximum atomic E-state index is 13.1. The van der Waals surface area contributed by atoms with E-state index in [1.54, 1.807) is 18.2 Å². The SMILES string of the molecule is O=C(N[C@@H](Cc1ccc(-c2ccccc2)cc1)C(=O)O)c1cc(Br)ccc1OCc1ccccc1. The topological polar surface area (TPSA) is 75.6 Å². The Kier molecular flexibility index (Phi) is 7.95. The number of aliphatic carboxylic acids is 1. The number of carbonyl (C=O) groups is 2. The Hall–Kier alpha value is -3.90. The van der Waals surface area contributed by atoms with Crippen LogP contribution in [0.5, 0.6) is 5.75 Å². The number of hydrogen-bond donors (Lipinski definition) is 2. The molecule has 1 atom stereocenters. The highest BCUT2D eigenvalue weighted by Crippen LogP contribution is 2.25. The summed E-state index contributed by atoms with van der Waals surface area (Å²) >= 11 is 3.38. The van der Waals surface area contributed by atoms with Crippen LogP contribution in [0.25, 0.3) is 11.1 Å². The quantitative estimate of drug-likeness (QED) is 0.274. The van der Waals surface area contributed by atoms with Crippen LogP contribution in [0.4, 0.5) is 0 Å². The first-order valence-electron chi connectivity index (χ1n) is 11.1. The zero-order chi connectivity index (χ0) is 24.6. The fraction of sp³-hybridized carbons (Fsp3) is 0.103. The molecule has 4 aromatic carbocycles. The van der Waals surface area contributed by atoms with Crippen LogP contribution in [-0.4, -0.2) is 23.0 Å². The Labute approximate surface area is 212 Å². The van der Waals surface area contributed by atoms with Gasteiger partial charge in [-0.05, 0) is 40.5 Å². The molecule has 0 aliphatic heterocycles. The monoisotopic (exact) mass is 529 g/mol. The lowest BCUT2D eigenvalue weighted by atomic mass is 10.0. The van der Waals surface area contributed by atoms with Crippen LogP contribution >= 0.6 is 15.9 Å². The summed E-state index contributed by atoms with van der Waals surface area (Å²) in [6, 6.07) is 31.2. The second kappa shape index (κ2) is 11.5. The Balaban J connectivity index is 1.47. The first kappa shape index (κ1) is 24.2. The summed E-state index contributed by atoms with van der Waals surface area (Å²) in [5.41, 5.74) is 4.16. The van der Waals surface area contributed by atoms with Gasteiger partial charge in [0.05, 0.1) is 5.56 Å². The lowest BCUT2D eigenvalue weighted by Gasteiger charge is -2.17. The molecule has 176 valence electrons. The highest BCUT2D eigenvalue weighted by molar-refractivity contribution is 9.10. The first-order valence-corrected chi connectivity index (χ1v) is 11.9. The number of rotatable bonds is 9. The van der Waals surface area contributed by atoms with Crippen LogP contribution in [0.15, 0.2) is 108 Å². The molecule has 0 unspecified atom stereocenters. The maximum Gasteiger partial charge on any atom is 0.326 e. The van der Waals surface area contributed by atoms with Crippen LogP contribution in [0.2, 0.25) is 0 Å². The van der Waals surface area contributed by atoms with E-state index in [4.69, 9.17) is 4.74 Å². The summed E-state index contributed by atoms with van der Waals surface area (Å²) in [7, 11) is 0. The predicted molar refractivity (Wildman–Crippen MR) is 139 cm³/mol.